The molecule has 1 atom stereocenters. The number of hydrogen-bond acceptors (Lipinski definition) is 1. The molecular weight excluding hydrogens is 519 g/mol. The predicted molar refractivity (Wildman–Crippen MR) is 89.6 cm³/mol. The monoisotopic (exact) mass is 520 g/mol. The minimum absolute atomic E-state index is 0.0973. The second kappa shape index (κ2) is 6.06. The topological polar surface area (TPSA) is 0 Å². The van der Waals surface area contributed by atoms with Gasteiger partial charge in [-0.25, -0.2) is 0 Å². The maximum atomic E-state index is 6.29. The average molecular weight is 524 g/mol. The fourth-order valence-corrected chi connectivity index (χ4v) is 4.99. The van der Waals surface area contributed by atoms with Crippen LogP contribution in [0.2, 0.25) is 5.02 Å². The van der Waals surface area contributed by atoms with E-state index in [1.165, 1.54) is 4.88 Å². The second-order valence-electron chi connectivity index (χ2n) is 3.28. The molecule has 6 heteroatoms. The van der Waals surface area contributed by atoms with Crippen molar-refractivity contribution in [2.75, 3.05) is 0 Å². The van der Waals surface area contributed by atoms with Crippen molar-refractivity contribution in [2.45, 2.75) is 4.83 Å². The normalized spacial score (nSPS) is 12.8. The van der Waals surface area contributed by atoms with Crippen LogP contribution in [0.5, 0.6) is 0 Å². The molecule has 1 aromatic heterocycles. The van der Waals surface area contributed by atoms with Gasteiger partial charge in [0.1, 0.15) is 0 Å². The lowest BCUT2D eigenvalue weighted by Gasteiger charge is -2.11. The Kier molecular flexibility index (Phi) is 5.18. The lowest BCUT2D eigenvalue weighted by Crippen LogP contribution is -1.91. The minimum atomic E-state index is 0.0973. The van der Waals surface area contributed by atoms with Crippen LogP contribution in [0.1, 0.15) is 15.3 Å². The molecule has 0 saturated heterocycles. The third-order valence-corrected chi connectivity index (χ3v) is 8.09. The summed E-state index contributed by atoms with van der Waals surface area (Å²) < 4.78 is 3.06. The Morgan fingerprint density at radius 3 is 2.41 bits per heavy atom. The van der Waals surface area contributed by atoms with Gasteiger partial charge in [0.2, 0.25) is 0 Å². The van der Waals surface area contributed by atoms with Crippen molar-refractivity contribution >= 4 is 86.7 Å². The molecular formula is C11H5Br4ClS. The standard InChI is InChI=1S/C11H5Br4ClS/c12-6-3-1-2-5(10(6)16)9(14)8-4-7(13)11(15)17-8/h1-4,9H. The van der Waals surface area contributed by atoms with Gasteiger partial charge in [0.15, 0.2) is 0 Å². The van der Waals surface area contributed by atoms with Crippen molar-refractivity contribution in [3.05, 3.63) is 52.5 Å². The van der Waals surface area contributed by atoms with Crippen molar-refractivity contribution in [1.29, 1.82) is 0 Å². The van der Waals surface area contributed by atoms with Gasteiger partial charge in [-0.3, -0.25) is 0 Å². The van der Waals surface area contributed by atoms with Crippen LogP contribution in [-0.4, -0.2) is 0 Å². The highest BCUT2D eigenvalue weighted by atomic mass is 79.9. The summed E-state index contributed by atoms with van der Waals surface area (Å²) in [5, 5.41) is 0.745. The van der Waals surface area contributed by atoms with Gasteiger partial charge in [-0.2, -0.15) is 0 Å². The Morgan fingerprint density at radius 2 is 1.82 bits per heavy atom. The summed E-state index contributed by atoms with van der Waals surface area (Å²) in [7, 11) is 0. The summed E-state index contributed by atoms with van der Waals surface area (Å²) in [6.07, 6.45) is 0. The molecule has 0 bridgehead atoms. The number of halogens is 5. The highest BCUT2D eigenvalue weighted by molar-refractivity contribution is 9.13. The van der Waals surface area contributed by atoms with E-state index in [0.717, 1.165) is 23.3 Å². The average Bonchev–Trinajstić information content (AvgIpc) is 2.62. The van der Waals surface area contributed by atoms with Crippen molar-refractivity contribution < 1.29 is 0 Å². The fourth-order valence-electron chi connectivity index (χ4n) is 1.36. The molecule has 0 spiro atoms. The first-order chi connectivity index (χ1) is 8.00. The predicted octanol–water partition coefficient (Wildman–Crippen LogP) is 7.17. The maximum Gasteiger partial charge on any atom is 0.0843 e. The molecule has 0 fully saturated rings. The molecule has 0 nitrogen and oxygen atoms in total. The number of hydrogen-bond donors (Lipinski definition) is 0. The number of thiophene rings is 1. The van der Waals surface area contributed by atoms with Crippen LogP contribution in [0.3, 0.4) is 0 Å². The Labute approximate surface area is 142 Å². The molecule has 1 heterocycles. The summed E-state index contributed by atoms with van der Waals surface area (Å²) >= 11 is 22.1. The maximum absolute atomic E-state index is 6.29. The molecule has 0 N–H and O–H groups in total. The van der Waals surface area contributed by atoms with Gasteiger partial charge >= 0.3 is 0 Å². The van der Waals surface area contributed by atoms with E-state index >= 15 is 0 Å². The fraction of sp³-hybridized carbons (Fsp3) is 0.0909. The second-order valence-corrected chi connectivity index (χ2v) is 8.68. The molecule has 1 unspecified atom stereocenters. The first-order valence-electron chi connectivity index (χ1n) is 4.53. The molecule has 17 heavy (non-hydrogen) atoms. The molecule has 0 radical (unpaired) electrons. The van der Waals surface area contributed by atoms with Gasteiger partial charge in [0.05, 0.1) is 13.6 Å². The number of alkyl halides is 1. The quantitative estimate of drug-likeness (QED) is 0.366. The lowest BCUT2D eigenvalue weighted by atomic mass is 10.1. The minimum Gasteiger partial charge on any atom is -0.131 e. The van der Waals surface area contributed by atoms with Gasteiger partial charge in [0.25, 0.3) is 0 Å². The third kappa shape index (κ3) is 3.18. The van der Waals surface area contributed by atoms with Gasteiger partial charge in [-0.1, -0.05) is 39.7 Å². The van der Waals surface area contributed by atoms with E-state index in [-0.39, 0.29) is 4.83 Å². The molecule has 2 aromatic rings. The van der Waals surface area contributed by atoms with Crippen LogP contribution in [-0.2, 0) is 0 Å². The van der Waals surface area contributed by atoms with E-state index in [4.69, 9.17) is 11.6 Å². The lowest BCUT2D eigenvalue weighted by molar-refractivity contribution is 1.22. The van der Waals surface area contributed by atoms with E-state index in [9.17, 15) is 0 Å². The van der Waals surface area contributed by atoms with Crippen molar-refractivity contribution in [3.8, 4) is 0 Å². The van der Waals surface area contributed by atoms with Crippen molar-refractivity contribution in [3.63, 3.8) is 0 Å². The van der Waals surface area contributed by atoms with E-state index in [2.05, 4.69) is 69.8 Å². The third-order valence-electron chi connectivity index (χ3n) is 2.17. The first kappa shape index (κ1) is 14.5. The van der Waals surface area contributed by atoms with E-state index in [1.54, 1.807) is 11.3 Å². The Balaban J connectivity index is 2.43. The van der Waals surface area contributed by atoms with Crippen LogP contribution in [0.25, 0.3) is 0 Å². The Hall–Kier alpha value is 1.13. The zero-order valence-electron chi connectivity index (χ0n) is 8.18. The highest BCUT2D eigenvalue weighted by Gasteiger charge is 2.18. The van der Waals surface area contributed by atoms with E-state index in [1.807, 2.05) is 18.2 Å². The summed E-state index contributed by atoms with van der Waals surface area (Å²) in [5.41, 5.74) is 1.06. The Bertz CT molecular complexity index is 533. The number of rotatable bonds is 2. The first-order valence-corrected chi connectivity index (χ1v) is 9.02. The van der Waals surface area contributed by atoms with Crippen molar-refractivity contribution in [2.24, 2.45) is 0 Å². The van der Waals surface area contributed by atoms with Gasteiger partial charge in [0, 0.05) is 13.8 Å². The van der Waals surface area contributed by atoms with E-state index < -0.39 is 0 Å². The van der Waals surface area contributed by atoms with Crippen LogP contribution in [0.4, 0.5) is 0 Å². The summed E-state index contributed by atoms with van der Waals surface area (Å²) in [5.74, 6) is 0. The summed E-state index contributed by atoms with van der Waals surface area (Å²) in [6, 6.07) is 8.03. The summed E-state index contributed by atoms with van der Waals surface area (Å²) in [4.78, 5) is 1.30. The van der Waals surface area contributed by atoms with Crippen molar-refractivity contribution in [1.82, 2.24) is 0 Å². The Morgan fingerprint density at radius 1 is 1.12 bits per heavy atom. The SMILES string of the molecule is Clc1c(Br)cccc1C(Br)c1cc(Br)c(Br)s1. The van der Waals surface area contributed by atoms with Gasteiger partial charge in [-0.05, 0) is 65.5 Å². The summed E-state index contributed by atoms with van der Waals surface area (Å²) in [6.45, 7) is 0. The molecule has 2 rings (SSSR count). The van der Waals surface area contributed by atoms with Gasteiger partial charge < -0.3 is 0 Å². The zero-order valence-corrected chi connectivity index (χ0v) is 16.1. The van der Waals surface area contributed by atoms with Crippen LogP contribution in [0.15, 0.2) is 37.0 Å². The van der Waals surface area contributed by atoms with Crippen LogP contribution >= 0.6 is 86.7 Å². The molecule has 1 aromatic carbocycles. The molecule has 0 saturated carbocycles. The smallest absolute Gasteiger partial charge is 0.0843 e. The molecule has 0 aliphatic heterocycles. The molecule has 0 amide bonds. The van der Waals surface area contributed by atoms with Crippen LogP contribution in [0, 0.1) is 0 Å². The highest BCUT2D eigenvalue weighted by Crippen LogP contribution is 2.44. The molecule has 0 aliphatic carbocycles. The largest absolute Gasteiger partial charge is 0.131 e. The van der Waals surface area contributed by atoms with E-state index in [0.29, 0.717) is 0 Å². The molecule has 0 aliphatic rings. The molecule has 90 valence electrons. The number of benzene rings is 1. The van der Waals surface area contributed by atoms with Crippen LogP contribution < -0.4 is 0 Å². The van der Waals surface area contributed by atoms with Gasteiger partial charge in [-0.15, -0.1) is 11.3 Å². The zero-order chi connectivity index (χ0) is 12.6.